The number of fused-ring (bicyclic) bond motifs is 1. The predicted molar refractivity (Wildman–Crippen MR) is 90.1 cm³/mol. The summed E-state index contributed by atoms with van der Waals surface area (Å²) in [4.78, 5) is 23.5. The van der Waals surface area contributed by atoms with Crippen LogP contribution in [-0.2, 0) is 28.5 Å². The number of carbonyl (C=O) groups is 2. The third kappa shape index (κ3) is 4.12. The van der Waals surface area contributed by atoms with Crippen LogP contribution >= 0.6 is 0 Å². The van der Waals surface area contributed by atoms with Gasteiger partial charge in [-0.15, -0.1) is 0 Å². The van der Waals surface area contributed by atoms with Gasteiger partial charge in [-0.05, 0) is 19.1 Å². The van der Waals surface area contributed by atoms with E-state index in [1.54, 1.807) is 24.3 Å². The fourth-order valence-corrected chi connectivity index (χ4v) is 2.97. The Hall–Kier alpha value is -2.22. The van der Waals surface area contributed by atoms with Crippen molar-refractivity contribution in [1.82, 2.24) is 0 Å². The SMILES string of the molecule is C=C(C)CO[C@H]1O[C@H]2O[C@H](COC(=O)c3ccccc3)[C@H]2[C@@H]1OC(C)=O. The van der Waals surface area contributed by atoms with Crippen LogP contribution in [0.1, 0.15) is 24.2 Å². The van der Waals surface area contributed by atoms with Crippen LogP contribution in [-0.4, -0.2) is 49.9 Å². The molecule has 0 aliphatic carbocycles. The molecule has 2 aliphatic heterocycles. The molecule has 7 heteroatoms. The van der Waals surface area contributed by atoms with E-state index in [0.717, 1.165) is 5.57 Å². The monoisotopic (exact) mass is 362 g/mol. The van der Waals surface area contributed by atoms with Crippen molar-refractivity contribution in [2.24, 2.45) is 5.92 Å². The number of benzene rings is 1. The smallest absolute Gasteiger partial charge is 0.338 e. The minimum atomic E-state index is -0.736. The van der Waals surface area contributed by atoms with Crippen molar-refractivity contribution in [3.05, 3.63) is 48.0 Å². The van der Waals surface area contributed by atoms with Crippen molar-refractivity contribution >= 4 is 11.9 Å². The van der Waals surface area contributed by atoms with Gasteiger partial charge in [0.2, 0.25) is 0 Å². The van der Waals surface area contributed by atoms with E-state index in [-0.39, 0.29) is 19.1 Å². The first-order valence-corrected chi connectivity index (χ1v) is 8.42. The first-order chi connectivity index (χ1) is 12.5. The van der Waals surface area contributed by atoms with Gasteiger partial charge in [0.1, 0.15) is 12.7 Å². The van der Waals surface area contributed by atoms with Crippen LogP contribution in [0.3, 0.4) is 0 Å². The molecular weight excluding hydrogens is 340 g/mol. The predicted octanol–water partition coefficient (Wildman–Crippen LogP) is 2.07. The average molecular weight is 362 g/mol. The maximum Gasteiger partial charge on any atom is 0.338 e. The molecule has 0 spiro atoms. The maximum absolute atomic E-state index is 12.1. The largest absolute Gasteiger partial charge is 0.459 e. The molecule has 7 nitrogen and oxygen atoms in total. The summed E-state index contributed by atoms with van der Waals surface area (Å²) in [5, 5.41) is 0. The molecule has 0 aromatic heterocycles. The Bertz CT molecular complexity index is 672. The number of hydrogen-bond donors (Lipinski definition) is 0. The fraction of sp³-hybridized carbons (Fsp3) is 0.474. The molecule has 140 valence electrons. The Kier molecular flexibility index (Phi) is 5.70. The van der Waals surface area contributed by atoms with Crippen molar-refractivity contribution in [3.63, 3.8) is 0 Å². The fourth-order valence-electron chi connectivity index (χ4n) is 2.97. The van der Waals surface area contributed by atoms with Gasteiger partial charge in [-0.3, -0.25) is 4.79 Å². The Morgan fingerprint density at radius 2 is 1.88 bits per heavy atom. The normalized spacial score (nSPS) is 29.4. The summed E-state index contributed by atoms with van der Waals surface area (Å²) in [7, 11) is 0. The number of hydrogen-bond acceptors (Lipinski definition) is 7. The summed E-state index contributed by atoms with van der Waals surface area (Å²) >= 11 is 0. The number of ether oxygens (including phenoxy) is 5. The second kappa shape index (κ2) is 7.99. The molecule has 0 N–H and O–H groups in total. The van der Waals surface area contributed by atoms with Crippen LogP contribution < -0.4 is 0 Å². The zero-order chi connectivity index (χ0) is 18.7. The standard InChI is InChI=1S/C19H22O7/c1-11(2)9-23-19-16(24-12(3)20)15-14(25-18(15)26-19)10-22-17(21)13-7-5-4-6-8-13/h4-8,14-16,18-19H,1,9-10H2,2-3H3/t14-,15+,16+,18-,19+/m1/s1. The second-order valence-corrected chi connectivity index (χ2v) is 6.43. The van der Waals surface area contributed by atoms with Crippen molar-refractivity contribution in [1.29, 1.82) is 0 Å². The first kappa shape index (κ1) is 18.6. The molecule has 0 radical (unpaired) electrons. The second-order valence-electron chi connectivity index (χ2n) is 6.43. The molecule has 2 fully saturated rings. The zero-order valence-corrected chi connectivity index (χ0v) is 14.8. The lowest BCUT2D eigenvalue weighted by Gasteiger charge is -2.39. The van der Waals surface area contributed by atoms with Gasteiger partial charge < -0.3 is 23.7 Å². The van der Waals surface area contributed by atoms with Crippen LogP contribution in [0.5, 0.6) is 0 Å². The van der Waals surface area contributed by atoms with E-state index < -0.39 is 36.7 Å². The lowest BCUT2D eigenvalue weighted by atomic mass is 9.92. The van der Waals surface area contributed by atoms with E-state index in [9.17, 15) is 9.59 Å². The highest BCUT2D eigenvalue weighted by Gasteiger charge is 2.59. The van der Waals surface area contributed by atoms with E-state index in [1.807, 2.05) is 13.0 Å². The molecule has 1 aromatic carbocycles. The number of carbonyl (C=O) groups excluding carboxylic acids is 2. The molecule has 0 saturated carbocycles. The van der Waals surface area contributed by atoms with E-state index in [2.05, 4.69) is 6.58 Å². The van der Waals surface area contributed by atoms with E-state index in [0.29, 0.717) is 5.56 Å². The Balaban J connectivity index is 1.58. The summed E-state index contributed by atoms with van der Waals surface area (Å²) in [6.07, 6.45) is -2.32. The van der Waals surface area contributed by atoms with Gasteiger partial charge in [-0.1, -0.05) is 30.4 Å². The summed E-state index contributed by atoms with van der Waals surface area (Å²) in [6, 6.07) is 8.69. The molecule has 2 aliphatic rings. The summed E-state index contributed by atoms with van der Waals surface area (Å²) in [5.41, 5.74) is 1.29. The van der Waals surface area contributed by atoms with Gasteiger partial charge in [-0.25, -0.2) is 4.79 Å². The van der Waals surface area contributed by atoms with Crippen molar-refractivity contribution in [3.8, 4) is 0 Å². The Labute approximate surface area is 151 Å². The zero-order valence-electron chi connectivity index (χ0n) is 14.8. The van der Waals surface area contributed by atoms with Crippen LogP contribution in [0, 0.1) is 5.92 Å². The van der Waals surface area contributed by atoms with E-state index in [4.69, 9.17) is 23.7 Å². The molecule has 1 aromatic rings. The lowest BCUT2D eigenvalue weighted by molar-refractivity contribution is -0.295. The molecule has 5 atom stereocenters. The van der Waals surface area contributed by atoms with E-state index >= 15 is 0 Å². The van der Waals surface area contributed by atoms with Gasteiger partial charge >= 0.3 is 11.9 Å². The Morgan fingerprint density at radius 1 is 1.15 bits per heavy atom. The number of esters is 2. The quantitative estimate of drug-likeness (QED) is 0.542. The van der Waals surface area contributed by atoms with Crippen molar-refractivity contribution in [2.75, 3.05) is 13.2 Å². The summed E-state index contributed by atoms with van der Waals surface area (Å²) in [5.74, 6) is -1.12. The van der Waals surface area contributed by atoms with Crippen LogP contribution in [0.25, 0.3) is 0 Å². The maximum atomic E-state index is 12.1. The Morgan fingerprint density at radius 3 is 2.54 bits per heavy atom. The highest BCUT2D eigenvalue weighted by atomic mass is 16.8. The summed E-state index contributed by atoms with van der Waals surface area (Å²) in [6.45, 7) is 7.26. The average Bonchev–Trinajstić information content (AvgIpc) is 2.84. The molecular formula is C19H22O7. The van der Waals surface area contributed by atoms with Gasteiger partial charge in [0.15, 0.2) is 18.7 Å². The number of rotatable bonds is 7. The van der Waals surface area contributed by atoms with Crippen LogP contribution in [0.15, 0.2) is 42.5 Å². The molecule has 0 amide bonds. The first-order valence-electron chi connectivity index (χ1n) is 8.42. The molecule has 2 heterocycles. The van der Waals surface area contributed by atoms with Gasteiger partial charge in [-0.2, -0.15) is 0 Å². The minimum Gasteiger partial charge on any atom is -0.459 e. The van der Waals surface area contributed by atoms with Crippen LogP contribution in [0.2, 0.25) is 0 Å². The lowest BCUT2D eigenvalue weighted by Crippen LogP contribution is -2.53. The van der Waals surface area contributed by atoms with Gasteiger partial charge in [0.25, 0.3) is 0 Å². The minimum absolute atomic E-state index is 0.0449. The highest BCUT2D eigenvalue weighted by Crippen LogP contribution is 2.43. The van der Waals surface area contributed by atoms with Gasteiger partial charge in [0, 0.05) is 6.92 Å². The molecule has 3 rings (SSSR count). The van der Waals surface area contributed by atoms with E-state index in [1.165, 1.54) is 6.92 Å². The van der Waals surface area contributed by atoms with Crippen LogP contribution in [0.4, 0.5) is 0 Å². The third-order valence-corrected chi connectivity index (χ3v) is 4.15. The van der Waals surface area contributed by atoms with Crippen molar-refractivity contribution < 1.29 is 33.3 Å². The molecule has 26 heavy (non-hydrogen) atoms. The highest BCUT2D eigenvalue weighted by molar-refractivity contribution is 5.89. The van der Waals surface area contributed by atoms with Crippen molar-refractivity contribution in [2.45, 2.75) is 38.6 Å². The molecule has 2 saturated heterocycles. The molecule has 0 bridgehead atoms. The van der Waals surface area contributed by atoms with Gasteiger partial charge in [0.05, 0.1) is 18.1 Å². The third-order valence-electron chi connectivity index (χ3n) is 4.15. The topological polar surface area (TPSA) is 80.3 Å². The molecule has 0 unspecified atom stereocenters. The summed E-state index contributed by atoms with van der Waals surface area (Å²) < 4.78 is 27.5.